The lowest BCUT2D eigenvalue weighted by atomic mass is 9.83. The molecule has 0 aromatic rings. The average molecular weight is 533 g/mol. The first-order valence-corrected chi connectivity index (χ1v) is 17.0. The third-order valence-electron chi connectivity index (χ3n) is 8.55. The predicted molar refractivity (Wildman–Crippen MR) is 149 cm³/mol. The van der Waals surface area contributed by atoms with Gasteiger partial charge in [-0.25, -0.2) is 0 Å². The fraction of sp³-hybridized carbons (Fsp3) is 0.733. The Bertz CT molecular complexity index is 866. The normalized spacial score (nSPS) is 24.5. The first-order chi connectivity index (χ1) is 17.4. The monoisotopic (exact) mass is 532 g/mol. The fourth-order valence-corrected chi connectivity index (χ4v) is 6.25. The fourth-order valence-electron chi connectivity index (χ4n) is 5.16. The van der Waals surface area contributed by atoms with Crippen LogP contribution in [0.5, 0.6) is 0 Å². The molecule has 2 bridgehead atoms. The summed E-state index contributed by atoms with van der Waals surface area (Å²) in [6.45, 7) is 12.2. The second-order valence-corrected chi connectivity index (χ2v) is 17.0. The van der Waals surface area contributed by atoms with E-state index >= 15 is 0 Å². The summed E-state index contributed by atoms with van der Waals surface area (Å²) in [4.78, 5) is 48.5. The highest BCUT2D eigenvalue weighted by molar-refractivity contribution is 6.74. The molecule has 0 aliphatic heterocycles. The van der Waals surface area contributed by atoms with Crippen LogP contribution in [0, 0.1) is 23.7 Å². The van der Waals surface area contributed by atoms with E-state index in [1.165, 1.54) is 7.11 Å². The minimum atomic E-state index is -1.67. The highest BCUT2D eigenvalue weighted by Gasteiger charge is 2.55. The highest BCUT2D eigenvalue weighted by atomic mass is 28.4. The number of carbonyl (C=O) groups is 4. The van der Waals surface area contributed by atoms with Crippen molar-refractivity contribution in [1.82, 2.24) is 0 Å². The van der Waals surface area contributed by atoms with Gasteiger partial charge in [0.1, 0.15) is 0 Å². The van der Waals surface area contributed by atoms with Crippen molar-refractivity contribution in [3.63, 3.8) is 0 Å². The van der Waals surface area contributed by atoms with Crippen LogP contribution in [0.1, 0.15) is 85.0 Å². The van der Waals surface area contributed by atoms with Gasteiger partial charge >= 0.3 is 5.97 Å². The molecule has 4 atom stereocenters. The van der Waals surface area contributed by atoms with Gasteiger partial charge < -0.3 is 9.16 Å². The van der Waals surface area contributed by atoms with Crippen LogP contribution in [0.2, 0.25) is 18.1 Å². The maximum absolute atomic E-state index is 12.5. The van der Waals surface area contributed by atoms with Gasteiger partial charge in [-0.05, 0) is 74.9 Å². The Morgan fingerprint density at radius 1 is 0.919 bits per heavy atom. The molecule has 2 aliphatic rings. The zero-order valence-electron chi connectivity index (χ0n) is 23.8. The van der Waals surface area contributed by atoms with Gasteiger partial charge in [-0.1, -0.05) is 57.9 Å². The number of Topliss-reactive ketones (excluding diaryl/α,β-unsaturated/α-hetero) is 3. The SMILES string of the molecule is COC(=O)CCC/C=C\CC1C(C=CCCCCCCO[Si](C)(C)C(C)(C)C)[C@H]2C[C@H]1C(=O)C(=O)C2=O. The standard InChI is InChI=1S/C30H48O6Si/c1-30(2,3)37(5,6)36-20-16-12-8-7-9-13-17-22-23(18-14-10-11-15-19-26(31)35-4)25-21-24(22)27(32)29(34)28(25)33/h10,13-14,17,22-25H,7-9,11-12,15-16,18-21H2,1-6H3/b14-10-,17-13?/t22?,23?,24-,25-/m1/s1. The minimum Gasteiger partial charge on any atom is -0.469 e. The quantitative estimate of drug-likeness (QED) is 0.0798. The Kier molecular flexibility index (Phi) is 12.1. The van der Waals surface area contributed by atoms with Crippen LogP contribution in [-0.4, -0.2) is 45.4 Å². The van der Waals surface area contributed by atoms with Gasteiger partial charge in [0, 0.05) is 24.9 Å². The number of fused-ring (bicyclic) bond motifs is 2. The van der Waals surface area contributed by atoms with E-state index in [0.29, 0.717) is 25.7 Å². The predicted octanol–water partition coefficient (Wildman–Crippen LogP) is 6.39. The number of rotatable bonds is 15. The van der Waals surface area contributed by atoms with E-state index in [4.69, 9.17) is 4.43 Å². The summed E-state index contributed by atoms with van der Waals surface area (Å²) in [7, 11) is -0.283. The molecule has 2 fully saturated rings. The maximum atomic E-state index is 12.5. The van der Waals surface area contributed by atoms with Crippen LogP contribution in [-0.2, 0) is 28.3 Å². The lowest BCUT2D eigenvalue weighted by Crippen LogP contribution is -2.40. The van der Waals surface area contributed by atoms with Gasteiger partial charge in [0.2, 0.25) is 11.6 Å². The molecular weight excluding hydrogens is 484 g/mol. The van der Waals surface area contributed by atoms with E-state index in [1.807, 2.05) is 12.2 Å². The molecule has 7 heteroatoms. The molecule has 0 amide bonds. The van der Waals surface area contributed by atoms with Crippen LogP contribution in [0.4, 0.5) is 0 Å². The molecule has 0 spiro atoms. The number of ether oxygens (including phenoxy) is 1. The molecule has 37 heavy (non-hydrogen) atoms. The van der Waals surface area contributed by atoms with Crippen molar-refractivity contribution in [2.45, 2.75) is 103 Å². The summed E-state index contributed by atoms with van der Waals surface area (Å²) in [5.41, 5.74) is 0. The number of allylic oxidation sites excluding steroid dienone is 4. The largest absolute Gasteiger partial charge is 0.469 e. The molecule has 2 aliphatic carbocycles. The summed E-state index contributed by atoms with van der Waals surface area (Å²) < 4.78 is 10.9. The average Bonchev–Trinajstić information content (AvgIpc) is 3.17. The van der Waals surface area contributed by atoms with Gasteiger partial charge in [-0.15, -0.1) is 0 Å². The van der Waals surface area contributed by atoms with Crippen molar-refractivity contribution in [2.24, 2.45) is 23.7 Å². The van der Waals surface area contributed by atoms with E-state index in [-0.39, 0.29) is 34.7 Å². The van der Waals surface area contributed by atoms with Crippen LogP contribution in [0.3, 0.4) is 0 Å². The summed E-state index contributed by atoms with van der Waals surface area (Å²) in [6.07, 6.45) is 16.7. The summed E-state index contributed by atoms with van der Waals surface area (Å²) >= 11 is 0. The van der Waals surface area contributed by atoms with Gasteiger partial charge in [0.15, 0.2) is 8.32 Å². The smallest absolute Gasteiger partial charge is 0.305 e. The topological polar surface area (TPSA) is 86.7 Å². The van der Waals surface area contributed by atoms with Crippen LogP contribution < -0.4 is 0 Å². The van der Waals surface area contributed by atoms with Crippen LogP contribution in [0.15, 0.2) is 24.3 Å². The van der Waals surface area contributed by atoms with Gasteiger partial charge in [-0.2, -0.15) is 0 Å². The molecule has 2 unspecified atom stereocenters. The summed E-state index contributed by atoms with van der Waals surface area (Å²) in [5, 5.41) is 0.241. The summed E-state index contributed by atoms with van der Waals surface area (Å²) in [6, 6.07) is 0. The third-order valence-corrected chi connectivity index (χ3v) is 13.1. The molecule has 0 saturated heterocycles. The number of ketones is 3. The van der Waals surface area contributed by atoms with Crippen molar-refractivity contribution in [1.29, 1.82) is 0 Å². The Morgan fingerprint density at radius 3 is 2.24 bits per heavy atom. The lowest BCUT2D eigenvalue weighted by Gasteiger charge is -2.36. The van der Waals surface area contributed by atoms with Gasteiger partial charge in [0.25, 0.3) is 5.78 Å². The van der Waals surface area contributed by atoms with Crippen molar-refractivity contribution in [3.05, 3.63) is 24.3 Å². The van der Waals surface area contributed by atoms with Crippen molar-refractivity contribution in [2.75, 3.05) is 13.7 Å². The Labute approximate surface area is 224 Å². The molecule has 0 radical (unpaired) electrons. The Hall–Kier alpha value is -1.86. The van der Waals surface area contributed by atoms with E-state index in [9.17, 15) is 19.2 Å². The third kappa shape index (κ3) is 8.84. The molecule has 0 N–H and O–H groups in total. The number of esters is 1. The van der Waals surface area contributed by atoms with E-state index in [0.717, 1.165) is 45.1 Å². The van der Waals surface area contributed by atoms with E-state index in [1.54, 1.807) is 0 Å². The van der Waals surface area contributed by atoms with Crippen molar-refractivity contribution < 1.29 is 28.3 Å². The maximum Gasteiger partial charge on any atom is 0.305 e. The number of methoxy groups -OCH3 is 1. The number of carbonyl (C=O) groups excluding carboxylic acids is 4. The number of hydrogen-bond donors (Lipinski definition) is 0. The van der Waals surface area contributed by atoms with Crippen molar-refractivity contribution >= 4 is 31.6 Å². The number of unbranched alkanes of at least 4 members (excludes halogenated alkanes) is 5. The Morgan fingerprint density at radius 2 is 1.57 bits per heavy atom. The van der Waals surface area contributed by atoms with Crippen LogP contribution in [0.25, 0.3) is 0 Å². The zero-order chi connectivity index (χ0) is 27.6. The molecule has 2 saturated carbocycles. The van der Waals surface area contributed by atoms with E-state index in [2.05, 4.69) is 50.8 Å². The lowest BCUT2D eigenvalue weighted by molar-refractivity contribution is -0.149. The Balaban J connectivity index is 1.81. The molecule has 0 heterocycles. The molecule has 0 aromatic heterocycles. The number of hydrogen-bond acceptors (Lipinski definition) is 6. The molecule has 0 aromatic carbocycles. The van der Waals surface area contributed by atoms with E-state index < -0.39 is 25.7 Å². The minimum absolute atomic E-state index is 0.0199. The van der Waals surface area contributed by atoms with Gasteiger partial charge in [-0.3, -0.25) is 19.2 Å². The van der Waals surface area contributed by atoms with Gasteiger partial charge in [0.05, 0.1) is 7.11 Å². The summed E-state index contributed by atoms with van der Waals surface area (Å²) in [5.74, 6) is -2.82. The molecular formula is C30H48O6Si. The second-order valence-electron chi connectivity index (χ2n) is 12.2. The zero-order valence-corrected chi connectivity index (χ0v) is 24.8. The first kappa shape index (κ1) is 31.4. The molecule has 2 rings (SSSR count). The second kappa shape index (κ2) is 14.3. The first-order valence-electron chi connectivity index (χ1n) is 14.1. The van der Waals surface area contributed by atoms with Crippen LogP contribution >= 0.6 is 0 Å². The molecule has 208 valence electrons. The molecule has 6 nitrogen and oxygen atoms in total. The van der Waals surface area contributed by atoms with Crippen molar-refractivity contribution in [3.8, 4) is 0 Å². The highest BCUT2D eigenvalue weighted by Crippen LogP contribution is 2.48.